The zero-order chi connectivity index (χ0) is 14.0. The van der Waals surface area contributed by atoms with Crippen LogP contribution in [0.15, 0.2) is 12.1 Å². The van der Waals surface area contributed by atoms with Crippen molar-refractivity contribution in [3.8, 4) is 0 Å². The number of benzene rings is 1. The van der Waals surface area contributed by atoms with Gasteiger partial charge in [0.1, 0.15) is 0 Å². The minimum Gasteiger partial charge on any atom is -0.398 e. The van der Waals surface area contributed by atoms with Crippen molar-refractivity contribution >= 4 is 17.5 Å². The quantitative estimate of drug-likeness (QED) is 0.613. The summed E-state index contributed by atoms with van der Waals surface area (Å²) in [7, 11) is 0. The number of fused-ring (bicyclic) bond motifs is 1. The molecule has 0 spiro atoms. The highest BCUT2D eigenvalue weighted by molar-refractivity contribution is 6.22. The summed E-state index contributed by atoms with van der Waals surface area (Å²) in [5, 5.41) is 2.32. The van der Waals surface area contributed by atoms with Crippen LogP contribution in [-0.2, 0) is 6.42 Å². The van der Waals surface area contributed by atoms with Gasteiger partial charge in [-0.15, -0.1) is 0 Å². The maximum Gasteiger partial charge on any atom is 0.259 e. The van der Waals surface area contributed by atoms with Crippen LogP contribution in [0.2, 0.25) is 0 Å². The summed E-state index contributed by atoms with van der Waals surface area (Å²) in [6.07, 6.45) is 0.678. The van der Waals surface area contributed by atoms with Crippen molar-refractivity contribution in [1.82, 2.24) is 10.2 Å². The predicted molar refractivity (Wildman–Crippen MR) is 74.1 cm³/mol. The molecule has 0 unspecified atom stereocenters. The second-order valence-corrected chi connectivity index (χ2v) is 4.62. The smallest absolute Gasteiger partial charge is 0.259 e. The Hall–Kier alpha value is -1.88. The van der Waals surface area contributed by atoms with Crippen molar-refractivity contribution in [2.75, 3.05) is 25.4 Å². The largest absolute Gasteiger partial charge is 0.398 e. The molecule has 0 saturated carbocycles. The Morgan fingerprint density at radius 3 is 2.47 bits per heavy atom. The van der Waals surface area contributed by atoms with Gasteiger partial charge in [-0.3, -0.25) is 14.9 Å². The molecule has 2 rings (SSSR count). The Kier molecular flexibility index (Phi) is 3.85. The highest BCUT2D eigenvalue weighted by atomic mass is 16.2. The van der Waals surface area contributed by atoms with Crippen molar-refractivity contribution in [3.05, 3.63) is 28.8 Å². The van der Waals surface area contributed by atoms with Crippen molar-refractivity contribution in [2.45, 2.75) is 20.3 Å². The van der Waals surface area contributed by atoms with Gasteiger partial charge in [-0.1, -0.05) is 13.8 Å². The number of carbonyl (C=O) groups excluding carboxylic acids is 2. The minimum absolute atomic E-state index is 0.330. The van der Waals surface area contributed by atoms with Crippen molar-refractivity contribution in [3.63, 3.8) is 0 Å². The molecule has 1 aromatic rings. The van der Waals surface area contributed by atoms with Crippen molar-refractivity contribution in [2.24, 2.45) is 0 Å². The fraction of sp³-hybridized carbons (Fsp3) is 0.429. The summed E-state index contributed by atoms with van der Waals surface area (Å²) < 4.78 is 0. The van der Waals surface area contributed by atoms with E-state index in [1.54, 1.807) is 12.1 Å². The predicted octanol–water partition coefficient (Wildman–Crippen LogP) is 1.04. The third kappa shape index (κ3) is 2.46. The number of amides is 2. The minimum atomic E-state index is -0.332. The van der Waals surface area contributed by atoms with Crippen molar-refractivity contribution < 1.29 is 9.59 Å². The van der Waals surface area contributed by atoms with E-state index in [0.717, 1.165) is 25.2 Å². The highest BCUT2D eigenvalue weighted by Crippen LogP contribution is 2.25. The summed E-state index contributed by atoms with van der Waals surface area (Å²) in [6.45, 7) is 6.93. The summed E-state index contributed by atoms with van der Waals surface area (Å²) in [4.78, 5) is 25.7. The van der Waals surface area contributed by atoms with Gasteiger partial charge >= 0.3 is 0 Å². The average molecular weight is 261 g/mol. The SMILES string of the molecule is CCN(CC)CCc1c(N)ccc2c1C(=O)NC2=O. The number of rotatable bonds is 5. The fourth-order valence-electron chi connectivity index (χ4n) is 2.42. The normalized spacial score (nSPS) is 13.8. The summed E-state index contributed by atoms with van der Waals surface area (Å²) >= 11 is 0. The van der Waals surface area contributed by atoms with Gasteiger partial charge in [0.25, 0.3) is 11.8 Å². The molecule has 1 aliphatic rings. The molecule has 1 aliphatic heterocycles. The Balaban J connectivity index is 2.30. The Labute approximate surface area is 112 Å². The molecular formula is C14H19N3O2. The van der Waals surface area contributed by atoms with Gasteiger partial charge in [0.15, 0.2) is 0 Å². The summed E-state index contributed by atoms with van der Waals surface area (Å²) in [5.41, 5.74) is 8.22. The number of nitrogens with zero attached hydrogens (tertiary/aromatic N) is 1. The molecule has 2 amide bonds. The first kappa shape index (κ1) is 13.5. The standard InChI is InChI=1S/C14H19N3O2/c1-3-17(4-2)8-7-9-11(15)6-5-10-12(9)14(19)16-13(10)18/h5-6H,3-4,7-8,15H2,1-2H3,(H,16,18,19). The van der Waals surface area contributed by atoms with Crippen LogP contribution in [-0.4, -0.2) is 36.3 Å². The van der Waals surface area contributed by atoms with E-state index >= 15 is 0 Å². The number of nitrogens with two attached hydrogens (primary N) is 1. The molecule has 0 saturated heterocycles. The zero-order valence-electron chi connectivity index (χ0n) is 11.3. The van der Waals surface area contributed by atoms with Crippen LogP contribution in [0.25, 0.3) is 0 Å². The third-order valence-corrected chi connectivity index (χ3v) is 3.62. The van der Waals surface area contributed by atoms with E-state index in [0.29, 0.717) is 23.2 Å². The summed E-state index contributed by atoms with van der Waals surface area (Å²) in [5.74, 6) is -0.661. The first-order chi connectivity index (χ1) is 9.08. The number of imide groups is 1. The van der Waals surface area contributed by atoms with Crippen LogP contribution in [0.5, 0.6) is 0 Å². The average Bonchev–Trinajstić information content (AvgIpc) is 2.68. The molecule has 0 aromatic heterocycles. The molecule has 0 radical (unpaired) electrons. The molecule has 0 bridgehead atoms. The van der Waals surface area contributed by atoms with E-state index in [1.165, 1.54) is 0 Å². The molecule has 5 heteroatoms. The van der Waals surface area contributed by atoms with E-state index in [1.807, 2.05) is 0 Å². The molecule has 0 fully saturated rings. The fourth-order valence-corrected chi connectivity index (χ4v) is 2.42. The summed E-state index contributed by atoms with van der Waals surface area (Å²) in [6, 6.07) is 3.32. The maximum absolute atomic E-state index is 11.8. The van der Waals surface area contributed by atoms with Crippen LogP contribution in [0.1, 0.15) is 40.1 Å². The monoisotopic (exact) mass is 261 g/mol. The Bertz CT molecular complexity index is 522. The number of carbonyl (C=O) groups is 2. The number of anilines is 1. The topological polar surface area (TPSA) is 75.4 Å². The van der Waals surface area contributed by atoms with Crippen LogP contribution in [0, 0.1) is 0 Å². The van der Waals surface area contributed by atoms with Gasteiger partial charge in [0.05, 0.1) is 11.1 Å². The van der Waals surface area contributed by atoms with Gasteiger partial charge in [-0.25, -0.2) is 0 Å². The van der Waals surface area contributed by atoms with Gasteiger partial charge in [-0.2, -0.15) is 0 Å². The lowest BCUT2D eigenvalue weighted by molar-refractivity contribution is 0.0879. The van der Waals surface area contributed by atoms with Crippen molar-refractivity contribution in [1.29, 1.82) is 0 Å². The second-order valence-electron chi connectivity index (χ2n) is 4.62. The molecule has 3 N–H and O–H groups in total. The Morgan fingerprint density at radius 2 is 1.84 bits per heavy atom. The molecule has 0 aliphatic carbocycles. The van der Waals surface area contributed by atoms with E-state index in [9.17, 15) is 9.59 Å². The van der Waals surface area contributed by atoms with E-state index < -0.39 is 0 Å². The van der Waals surface area contributed by atoms with Crippen LogP contribution < -0.4 is 11.1 Å². The Morgan fingerprint density at radius 1 is 1.16 bits per heavy atom. The van der Waals surface area contributed by atoms with Crippen LogP contribution >= 0.6 is 0 Å². The lowest BCUT2D eigenvalue weighted by Gasteiger charge is -2.19. The van der Waals surface area contributed by atoms with E-state index in [-0.39, 0.29) is 11.8 Å². The van der Waals surface area contributed by atoms with Crippen LogP contribution in [0.3, 0.4) is 0 Å². The third-order valence-electron chi connectivity index (χ3n) is 3.62. The maximum atomic E-state index is 11.8. The molecule has 0 atom stereocenters. The zero-order valence-corrected chi connectivity index (χ0v) is 11.3. The van der Waals surface area contributed by atoms with Crippen LogP contribution in [0.4, 0.5) is 5.69 Å². The number of nitrogen functional groups attached to an aromatic ring is 1. The second kappa shape index (κ2) is 5.40. The molecular weight excluding hydrogens is 242 g/mol. The first-order valence-electron chi connectivity index (χ1n) is 6.57. The molecule has 19 heavy (non-hydrogen) atoms. The van der Waals surface area contributed by atoms with E-state index in [4.69, 9.17) is 5.73 Å². The molecule has 5 nitrogen and oxygen atoms in total. The van der Waals surface area contributed by atoms with E-state index in [2.05, 4.69) is 24.1 Å². The number of likely N-dealkylation sites (N-methyl/N-ethyl adjacent to an activating group) is 1. The molecule has 102 valence electrons. The number of hydrogen-bond acceptors (Lipinski definition) is 4. The number of hydrogen-bond donors (Lipinski definition) is 2. The van der Waals surface area contributed by atoms with Gasteiger partial charge in [0, 0.05) is 12.2 Å². The molecule has 1 aromatic carbocycles. The highest BCUT2D eigenvalue weighted by Gasteiger charge is 2.30. The van der Waals surface area contributed by atoms with Gasteiger partial charge in [0.2, 0.25) is 0 Å². The van der Waals surface area contributed by atoms with Gasteiger partial charge in [-0.05, 0) is 37.2 Å². The molecule has 1 heterocycles. The first-order valence-corrected chi connectivity index (χ1v) is 6.57. The lowest BCUT2D eigenvalue weighted by Crippen LogP contribution is -2.26. The lowest BCUT2D eigenvalue weighted by atomic mass is 9.98. The van der Waals surface area contributed by atoms with Gasteiger partial charge < -0.3 is 10.6 Å². The number of nitrogens with one attached hydrogen (secondary N) is 1.